The minimum absolute atomic E-state index is 0.293. The first kappa shape index (κ1) is 11.2. The molecule has 4 rings (SSSR count). The van der Waals surface area contributed by atoms with Crippen molar-refractivity contribution in [2.24, 2.45) is 0 Å². The zero-order chi connectivity index (χ0) is 13.5. The summed E-state index contributed by atoms with van der Waals surface area (Å²) in [7, 11) is 0. The number of rotatable bonds is 2. The maximum atomic E-state index is 5.90. The van der Waals surface area contributed by atoms with Gasteiger partial charge in [0.15, 0.2) is 11.2 Å². The molecule has 20 heavy (non-hydrogen) atoms. The van der Waals surface area contributed by atoms with E-state index in [1.807, 2.05) is 0 Å². The Balaban J connectivity index is 1.72. The maximum absolute atomic E-state index is 5.90. The van der Waals surface area contributed by atoms with Crippen LogP contribution in [0.5, 0.6) is 0 Å². The number of hydrogen-bond donors (Lipinski definition) is 1. The van der Waals surface area contributed by atoms with Crippen LogP contribution in [0.3, 0.4) is 0 Å². The Hall–Kier alpha value is -2.60. The zero-order valence-corrected chi connectivity index (χ0v) is 10.8. The number of aromatic nitrogens is 3. The van der Waals surface area contributed by atoms with E-state index in [4.69, 9.17) is 20.4 Å². The highest BCUT2D eigenvalue weighted by Gasteiger charge is 2.10. The molecule has 0 unspecified atom stereocenters. The molecular formula is C13H7ClN4O2. The molecule has 0 bridgehead atoms. The van der Waals surface area contributed by atoms with E-state index in [1.165, 1.54) is 0 Å². The number of nitrogens with zero attached hydrogens (tertiary/aromatic N) is 3. The molecule has 0 amide bonds. The Labute approximate surface area is 117 Å². The molecule has 4 aromatic rings. The van der Waals surface area contributed by atoms with Crippen LogP contribution >= 0.6 is 11.6 Å². The third-order valence-electron chi connectivity index (χ3n) is 2.75. The number of benzene rings is 1. The van der Waals surface area contributed by atoms with Crippen molar-refractivity contribution < 1.29 is 8.83 Å². The fourth-order valence-corrected chi connectivity index (χ4v) is 2.05. The lowest BCUT2D eigenvalue weighted by atomic mass is 10.3. The summed E-state index contributed by atoms with van der Waals surface area (Å²) < 4.78 is 11.0. The lowest BCUT2D eigenvalue weighted by molar-refractivity contribution is 0.591. The summed E-state index contributed by atoms with van der Waals surface area (Å²) in [5.74, 6) is 0. The van der Waals surface area contributed by atoms with Crippen molar-refractivity contribution in [1.82, 2.24) is 15.0 Å². The van der Waals surface area contributed by atoms with Crippen LogP contribution in [0, 0.1) is 0 Å². The van der Waals surface area contributed by atoms with E-state index >= 15 is 0 Å². The fraction of sp³-hybridized carbons (Fsp3) is 0. The normalized spacial score (nSPS) is 11.2. The molecule has 1 N–H and O–H groups in total. The third kappa shape index (κ3) is 1.86. The smallest absolute Gasteiger partial charge is 0.303 e. The molecule has 0 radical (unpaired) electrons. The van der Waals surface area contributed by atoms with Crippen molar-refractivity contribution in [2.45, 2.75) is 0 Å². The van der Waals surface area contributed by atoms with Gasteiger partial charge in [-0.1, -0.05) is 11.6 Å². The van der Waals surface area contributed by atoms with Gasteiger partial charge in [0.25, 0.3) is 0 Å². The highest BCUT2D eigenvalue weighted by atomic mass is 35.5. The minimum Gasteiger partial charge on any atom is -0.423 e. The predicted molar refractivity (Wildman–Crippen MR) is 74.1 cm³/mol. The molecule has 7 heteroatoms. The van der Waals surface area contributed by atoms with Crippen molar-refractivity contribution in [3.05, 3.63) is 41.7 Å². The number of anilines is 2. The Morgan fingerprint density at radius 3 is 2.50 bits per heavy atom. The molecule has 0 saturated heterocycles. The molecule has 98 valence electrons. The van der Waals surface area contributed by atoms with Gasteiger partial charge in [-0.05, 0) is 18.2 Å². The average molecular weight is 287 g/mol. The quantitative estimate of drug-likeness (QED) is 0.604. The van der Waals surface area contributed by atoms with Crippen LogP contribution in [0.4, 0.5) is 12.0 Å². The topological polar surface area (TPSA) is 77.0 Å². The molecule has 3 aromatic heterocycles. The Morgan fingerprint density at radius 1 is 0.950 bits per heavy atom. The molecule has 0 aliphatic rings. The zero-order valence-electron chi connectivity index (χ0n) is 10.0. The minimum atomic E-state index is 0.293. The van der Waals surface area contributed by atoms with Crippen molar-refractivity contribution in [3.8, 4) is 0 Å². The second-order valence-corrected chi connectivity index (χ2v) is 4.55. The Bertz CT molecular complexity index is 882. The summed E-state index contributed by atoms with van der Waals surface area (Å²) in [6.07, 6.45) is 3.26. The van der Waals surface area contributed by atoms with Crippen LogP contribution in [0.2, 0.25) is 5.02 Å². The van der Waals surface area contributed by atoms with E-state index in [2.05, 4.69) is 20.3 Å². The predicted octanol–water partition coefficient (Wildman–Crippen LogP) is 3.76. The molecule has 1 aromatic carbocycles. The van der Waals surface area contributed by atoms with Gasteiger partial charge >= 0.3 is 12.0 Å². The summed E-state index contributed by atoms with van der Waals surface area (Å²) in [5, 5.41) is 3.48. The molecule has 0 aliphatic carbocycles. The molecule has 0 aliphatic heterocycles. The average Bonchev–Trinajstić information content (AvgIpc) is 3.00. The number of pyridine rings is 1. The first-order chi connectivity index (χ1) is 9.78. The highest BCUT2D eigenvalue weighted by Crippen LogP contribution is 2.25. The van der Waals surface area contributed by atoms with Gasteiger partial charge in [0.1, 0.15) is 11.0 Å². The molecule has 0 atom stereocenters. The van der Waals surface area contributed by atoms with Gasteiger partial charge < -0.3 is 8.83 Å². The fourth-order valence-electron chi connectivity index (χ4n) is 1.88. The van der Waals surface area contributed by atoms with Crippen LogP contribution in [0.25, 0.3) is 22.2 Å². The van der Waals surface area contributed by atoms with Gasteiger partial charge in [0, 0.05) is 17.3 Å². The summed E-state index contributed by atoms with van der Waals surface area (Å²) in [5.41, 5.74) is 2.60. The van der Waals surface area contributed by atoms with Crippen molar-refractivity contribution in [3.63, 3.8) is 0 Å². The molecule has 0 spiro atoms. The van der Waals surface area contributed by atoms with Crippen molar-refractivity contribution in [2.75, 3.05) is 5.32 Å². The Kier molecular flexibility index (Phi) is 2.37. The molecule has 0 fully saturated rings. The van der Waals surface area contributed by atoms with E-state index in [-0.39, 0.29) is 0 Å². The van der Waals surface area contributed by atoms with Crippen LogP contribution in [-0.4, -0.2) is 15.0 Å². The van der Waals surface area contributed by atoms with Crippen molar-refractivity contribution in [1.29, 1.82) is 0 Å². The number of nitrogens with one attached hydrogen (secondary N) is 1. The number of halogens is 1. The lowest BCUT2D eigenvalue weighted by Crippen LogP contribution is -1.89. The lowest BCUT2D eigenvalue weighted by Gasteiger charge is -1.91. The van der Waals surface area contributed by atoms with Gasteiger partial charge in [-0.15, -0.1) is 0 Å². The van der Waals surface area contributed by atoms with Crippen LogP contribution in [-0.2, 0) is 0 Å². The Morgan fingerprint density at radius 2 is 1.70 bits per heavy atom. The summed E-state index contributed by atoms with van der Waals surface area (Å²) in [6, 6.07) is 7.55. The number of fused-ring (bicyclic) bond motifs is 2. The van der Waals surface area contributed by atoms with E-state index in [9.17, 15) is 0 Å². The van der Waals surface area contributed by atoms with E-state index in [0.29, 0.717) is 39.3 Å². The molecular weight excluding hydrogens is 280 g/mol. The summed E-state index contributed by atoms with van der Waals surface area (Å²) >= 11 is 5.90. The standard InChI is InChI=1S/C13H7ClN4O2/c14-7-1-2-10-8(5-7)16-12(19-10)18-13-17-9-6-15-4-3-11(9)20-13/h1-6H,(H,16,17,18). The summed E-state index contributed by atoms with van der Waals surface area (Å²) in [6.45, 7) is 0. The third-order valence-corrected chi connectivity index (χ3v) is 2.99. The van der Waals surface area contributed by atoms with Crippen LogP contribution in [0.15, 0.2) is 45.5 Å². The number of hydrogen-bond acceptors (Lipinski definition) is 6. The second-order valence-electron chi connectivity index (χ2n) is 4.12. The summed E-state index contributed by atoms with van der Waals surface area (Å²) in [4.78, 5) is 12.5. The largest absolute Gasteiger partial charge is 0.423 e. The van der Waals surface area contributed by atoms with E-state index in [0.717, 1.165) is 0 Å². The van der Waals surface area contributed by atoms with Crippen LogP contribution < -0.4 is 5.32 Å². The SMILES string of the molecule is Clc1ccc2oc(Nc3nc4cnccc4o3)nc2c1. The monoisotopic (exact) mass is 286 g/mol. The van der Waals surface area contributed by atoms with Crippen LogP contribution in [0.1, 0.15) is 0 Å². The van der Waals surface area contributed by atoms with Gasteiger partial charge in [0.05, 0.1) is 6.20 Å². The second kappa shape index (κ2) is 4.21. The maximum Gasteiger partial charge on any atom is 0.303 e. The van der Waals surface area contributed by atoms with Gasteiger partial charge in [0.2, 0.25) is 0 Å². The van der Waals surface area contributed by atoms with E-state index in [1.54, 1.807) is 36.7 Å². The highest BCUT2D eigenvalue weighted by molar-refractivity contribution is 6.31. The first-order valence-electron chi connectivity index (χ1n) is 5.82. The van der Waals surface area contributed by atoms with Gasteiger partial charge in [-0.25, -0.2) is 0 Å². The molecule has 6 nitrogen and oxygen atoms in total. The van der Waals surface area contributed by atoms with Gasteiger partial charge in [-0.2, -0.15) is 9.97 Å². The first-order valence-corrected chi connectivity index (χ1v) is 6.19. The number of oxazole rings is 2. The molecule has 3 heterocycles. The van der Waals surface area contributed by atoms with Crippen molar-refractivity contribution >= 4 is 45.8 Å². The molecule has 0 saturated carbocycles. The van der Waals surface area contributed by atoms with E-state index < -0.39 is 0 Å². The van der Waals surface area contributed by atoms with Gasteiger partial charge in [-0.3, -0.25) is 10.3 Å².